The Labute approximate surface area is 99.3 Å². The lowest BCUT2D eigenvalue weighted by Gasteiger charge is -2.29. The topological polar surface area (TPSA) is 24.1 Å². The summed E-state index contributed by atoms with van der Waals surface area (Å²) >= 11 is 0. The van der Waals surface area contributed by atoms with Crippen molar-refractivity contribution in [3.8, 4) is 0 Å². The van der Waals surface area contributed by atoms with Gasteiger partial charge in [-0.25, -0.2) is 0 Å². The summed E-state index contributed by atoms with van der Waals surface area (Å²) in [6, 6.07) is 12.1. The zero-order valence-corrected chi connectivity index (χ0v) is 10.1. The van der Waals surface area contributed by atoms with Gasteiger partial charge in [0.25, 0.3) is 0 Å². The molecule has 0 heterocycles. The Bertz CT molecular complexity index is 294. The molecule has 0 amide bonds. The number of benzene rings is 1. The molecule has 1 saturated carbocycles. The Balaban J connectivity index is 1.72. The summed E-state index contributed by atoms with van der Waals surface area (Å²) in [5, 5.41) is 7.03. The van der Waals surface area contributed by atoms with Crippen molar-refractivity contribution in [2.45, 2.75) is 44.3 Å². The Hall–Kier alpha value is -0.795. The number of hydrogen-bond acceptors (Lipinski definition) is 2. The summed E-state index contributed by atoms with van der Waals surface area (Å²) in [6.07, 6.45) is 5.22. The van der Waals surface area contributed by atoms with Crippen molar-refractivity contribution >= 4 is 7.98 Å². The number of nitrogens with one attached hydrogen (secondary N) is 2. The van der Waals surface area contributed by atoms with E-state index in [9.17, 15) is 0 Å². The molecule has 1 aromatic carbocycles. The molecule has 86 valence electrons. The van der Waals surface area contributed by atoms with Gasteiger partial charge in [0.05, 0.1) is 0 Å². The van der Waals surface area contributed by atoms with E-state index in [1.165, 1.54) is 31.2 Å². The van der Waals surface area contributed by atoms with Gasteiger partial charge in [0, 0.05) is 12.6 Å². The van der Waals surface area contributed by atoms with Crippen molar-refractivity contribution in [2.24, 2.45) is 0 Å². The van der Waals surface area contributed by atoms with Crippen LogP contribution in [0.4, 0.5) is 0 Å². The molecule has 1 aromatic rings. The van der Waals surface area contributed by atoms with E-state index < -0.39 is 0 Å². The predicted molar refractivity (Wildman–Crippen MR) is 71.0 cm³/mol. The summed E-state index contributed by atoms with van der Waals surface area (Å²) in [5.74, 6) is 0. The third kappa shape index (κ3) is 3.36. The first-order valence-electron chi connectivity index (χ1n) is 6.33. The first-order valence-corrected chi connectivity index (χ1v) is 6.33. The van der Waals surface area contributed by atoms with Crippen LogP contribution in [-0.2, 0) is 6.54 Å². The van der Waals surface area contributed by atoms with E-state index >= 15 is 0 Å². The molecule has 0 unspecified atom stereocenters. The molecule has 0 aliphatic heterocycles. The van der Waals surface area contributed by atoms with Crippen LogP contribution < -0.4 is 10.5 Å². The largest absolute Gasteiger partial charge is 0.359 e. The molecule has 1 fully saturated rings. The minimum atomic E-state index is 0.713. The lowest BCUT2D eigenvalue weighted by molar-refractivity contribution is 0.330. The Morgan fingerprint density at radius 1 is 1.00 bits per heavy atom. The Morgan fingerprint density at radius 3 is 2.25 bits per heavy atom. The smallest absolute Gasteiger partial charge is 0.182 e. The van der Waals surface area contributed by atoms with Gasteiger partial charge in [-0.2, -0.15) is 0 Å². The second kappa shape index (κ2) is 6.07. The molecule has 0 atom stereocenters. The maximum atomic E-state index is 3.65. The van der Waals surface area contributed by atoms with Gasteiger partial charge in [0.15, 0.2) is 7.98 Å². The van der Waals surface area contributed by atoms with Crippen molar-refractivity contribution in [1.29, 1.82) is 0 Å². The van der Waals surface area contributed by atoms with Gasteiger partial charge in [0.1, 0.15) is 0 Å². The third-order valence-corrected chi connectivity index (χ3v) is 3.57. The average Bonchev–Trinajstić information content (AvgIpc) is 2.38. The number of hydrogen-bond donors (Lipinski definition) is 2. The van der Waals surface area contributed by atoms with Gasteiger partial charge in [-0.15, -0.1) is 0 Å². The van der Waals surface area contributed by atoms with Crippen molar-refractivity contribution in [3.63, 3.8) is 0 Å². The maximum Gasteiger partial charge on any atom is 0.182 e. The molecule has 0 bridgehead atoms. The summed E-state index contributed by atoms with van der Waals surface area (Å²) in [4.78, 5) is 0. The van der Waals surface area contributed by atoms with E-state index in [0.29, 0.717) is 6.04 Å². The monoisotopic (exact) mass is 216 g/mol. The molecule has 0 radical (unpaired) electrons. The molecular weight excluding hydrogens is 195 g/mol. The zero-order valence-electron chi connectivity index (χ0n) is 10.1. The lowest BCUT2D eigenvalue weighted by atomic mass is 9.90. The molecule has 1 aliphatic carbocycles. The second-order valence-electron chi connectivity index (χ2n) is 4.70. The van der Waals surface area contributed by atoms with Crippen LogP contribution in [0.15, 0.2) is 30.3 Å². The van der Waals surface area contributed by atoms with Crippen molar-refractivity contribution in [2.75, 3.05) is 0 Å². The molecule has 3 heteroatoms. The van der Waals surface area contributed by atoms with E-state index in [-0.39, 0.29) is 0 Å². The zero-order chi connectivity index (χ0) is 11.2. The molecule has 0 aromatic heterocycles. The summed E-state index contributed by atoms with van der Waals surface area (Å²) in [7, 11) is 2.07. The van der Waals surface area contributed by atoms with Crippen molar-refractivity contribution < 1.29 is 0 Å². The second-order valence-corrected chi connectivity index (χ2v) is 4.70. The van der Waals surface area contributed by atoms with E-state index in [1.54, 1.807) is 0 Å². The van der Waals surface area contributed by atoms with Crippen LogP contribution in [-0.4, -0.2) is 20.1 Å². The summed E-state index contributed by atoms with van der Waals surface area (Å²) in [6.45, 7) is 1.01. The molecule has 0 saturated heterocycles. The van der Waals surface area contributed by atoms with Crippen LogP contribution >= 0.6 is 0 Å². The standard InChI is InChI=1S/C13H21BN2/c14-16-13-8-6-12(7-9-13)15-10-11-4-2-1-3-5-11/h1-5,12-13,15-16H,6-10,14H2/t12-,13+. The SMILES string of the molecule is BN[C@H]1CC[C@@H](NCc2ccccc2)CC1. The molecular formula is C13H21BN2. The van der Waals surface area contributed by atoms with Crippen LogP contribution in [0.3, 0.4) is 0 Å². The average molecular weight is 216 g/mol. The molecule has 0 spiro atoms. The molecule has 16 heavy (non-hydrogen) atoms. The normalized spacial score (nSPS) is 25.5. The first kappa shape index (κ1) is 11.7. The highest BCUT2D eigenvalue weighted by atomic mass is 14.9. The first-order chi connectivity index (χ1) is 7.88. The van der Waals surface area contributed by atoms with Gasteiger partial charge in [-0.05, 0) is 37.3 Å². The quantitative estimate of drug-likeness (QED) is 0.739. The molecule has 1 aliphatic rings. The number of rotatable bonds is 4. The molecule has 2 rings (SSSR count). The Kier molecular flexibility index (Phi) is 4.43. The minimum Gasteiger partial charge on any atom is -0.359 e. The highest BCUT2D eigenvalue weighted by Crippen LogP contribution is 2.18. The maximum absolute atomic E-state index is 3.65. The fourth-order valence-corrected chi connectivity index (χ4v) is 2.44. The highest BCUT2D eigenvalue weighted by Gasteiger charge is 2.18. The van der Waals surface area contributed by atoms with Gasteiger partial charge in [0.2, 0.25) is 0 Å². The van der Waals surface area contributed by atoms with Gasteiger partial charge >= 0.3 is 0 Å². The van der Waals surface area contributed by atoms with E-state index in [2.05, 4.69) is 48.9 Å². The summed E-state index contributed by atoms with van der Waals surface area (Å²) < 4.78 is 0. The van der Waals surface area contributed by atoms with Crippen LogP contribution in [0.5, 0.6) is 0 Å². The van der Waals surface area contributed by atoms with Crippen molar-refractivity contribution in [1.82, 2.24) is 10.5 Å². The fourth-order valence-electron chi connectivity index (χ4n) is 2.44. The van der Waals surface area contributed by atoms with E-state index in [1.807, 2.05) is 0 Å². The van der Waals surface area contributed by atoms with Crippen LogP contribution in [0.1, 0.15) is 31.2 Å². The highest BCUT2D eigenvalue weighted by molar-refractivity contribution is 6.04. The third-order valence-electron chi connectivity index (χ3n) is 3.57. The van der Waals surface area contributed by atoms with Crippen molar-refractivity contribution in [3.05, 3.63) is 35.9 Å². The van der Waals surface area contributed by atoms with Crippen LogP contribution in [0, 0.1) is 0 Å². The lowest BCUT2D eigenvalue weighted by Crippen LogP contribution is -2.38. The molecule has 2 nitrogen and oxygen atoms in total. The predicted octanol–water partition coefficient (Wildman–Crippen LogP) is 1.23. The van der Waals surface area contributed by atoms with E-state index in [4.69, 9.17) is 0 Å². The van der Waals surface area contributed by atoms with Gasteiger partial charge in [-0.3, -0.25) is 0 Å². The minimum absolute atomic E-state index is 0.713. The van der Waals surface area contributed by atoms with Crippen LogP contribution in [0.25, 0.3) is 0 Å². The van der Waals surface area contributed by atoms with E-state index in [0.717, 1.165) is 12.6 Å². The molecule has 2 N–H and O–H groups in total. The summed E-state index contributed by atoms with van der Waals surface area (Å²) in [5.41, 5.74) is 1.39. The van der Waals surface area contributed by atoms with Gasteiger partial charge in [-0.1, -0.05) is 30.3 Å². The van der Waals surface area contributed by atoms with Crippen LogP contribution in [0.2, 0.25) is 0 Å². The fraction of sp³-hybridized carbons (Fsp3) is 0.538. The Morgan fingerprint density at radius 2 is 1.62 bits per heavy atom. The van der Waals surface area contributed by atoms with Gasteiger partial charge < -0.3 is 10.5 Å².